The summed E-state index contributed by atoms with van der Waals surface area (Å²) in [6, 6.07) is 3.92. The molecule has 9 heteroatoms. The molecule has 1 fully saturated rings. The highest BCUT2D eigenvalue weighted by atomic mass is 79.9. The second-order valence-corrected chi connectivity index (χ2v) is 7.35. The highest BCUT2D eigenvalue weighted by Crippen LogP contribution is 2.30. The number of ether oxygens (including phenoxy) is 1. The minimum Gasteiger partial charge on any atom is -0.469 e. The standard InChI is InChI=1S/C17H20BrN7O/c1-3-13-12(18)6-7-14(19-13)17-15(24(2)22-21-17)10-26-16-9-25(23-20-16)8-11-4-5-11/h6-7,9,11H,3-5,8,10H2,1-2H3. The van der Waals surface area contributed by atoms with Crippen LogP contribution in [0.3, 0.4) is 0 Å². The van der Waals surface area contributed by atoms with Gasteiger partial charge in [0, 0.05) is 18.1 Å². The van der Waals surface area contributed by atoms with E-state index in [0.29, 0.717) is 12.5 Å². The maximum absolute atomic E-state index is 5.82. The Hall–Kier alpha value is -2.29. The van der Waals surface area contributed by atoms with Gasteiger partial charge >= 0.3 is 0 Å². The molecule has 0 amide bonds. The van der Waals surface area contributed by atoms with E-state index in [0.717, 1.165) is 46.1 Å². The van der Waals surface area contributed by atoms with Crippen molar-refractivity contribution in [3.63, 3.8) is 0 Å². The molecule has 4 rings (SSSR count). The lowest BCUT2D eigenvalue weighted by molar-refractivity contribution is 0.283. The lowest BCUT2D eigenvalue weighted by Crippen LogP contribution is -2.05. The molecule has 3 heterocycles. The average Bonchev–Trinajstić information content (AvgIpc) is 3.21. The van der Waals surface area contributed by atoms with Gasteiger partial charge in [0.25, 0.3) is 5.88 Å². The van der Waals surface area contributed by atoms with Crippen LogP contribution in [0.1, 0.15) is 31.2 Å². The van der Waals surface area contributed by atoms with Crippen molar-refractivity contribution in [1.29, 1.82) is 0 Å². The third kappa shape index (κ3) is 3.62. The molecule has 0 aliphatic heterocycles. The summed E-state index contributed by atoms with van der Waals surface area (Å²) in [5, 5.41) is 16.6. The van der Waals surface area contributed by atoms with E-state index in [1.165, 1.54) is 12.8 Å². The van der Waals surface area contributed by atoms with E-state index in [2.05, 4.69) is 48.5 Å². The number of aromatic nitrogens is 7. The zero-order valence-electron chi connectivity index (χ0n) is 14.8. The zero-order valence-corrected chi connectivity index (χ0v) is 16.3. The molecule has 1 saturated carbocycles. The molecular formula is C17H20BrN7O. The molecule has 3 aromatic heterocycles. The Balaban J connectivity index is 1.52. The molecule has 1 aliphatic carbocycles. The number of pyridine rings is 1. The Labute approximate surface area is 159 Å². The van der Waals surface area contributed by atoms with Gasteiger partial charge in [0.05, 0.1) is 17.6 Å². The van der Waals surface area contributed by atoms with Crippen LogP contribution in [-0.4, -0.2) is 35.0 Å². The SMILES string of the molecule is CCc1nc(-c2nnn(C)c2COc2cn(CC3CC3)nn2)ccc1Br. The fourth-order valence-corrected chi connectivity index (χ4v) is 3.25. The Bertz CT molecular complexity index is 916. The molecule has 0 unspecified atom stereocenters. The predicted molar refractivity (Wildman–Crippen MR) is 98.4 cm³/mol. The van der Waals surface area contributed by atoms with Crippen molar-refractivity contribution < 1.29 is 4.74 Å². The van der Waals surface area contributed by atoms with E-state index in [1.807, 2.05) is 30.1 Å². The predicted octanol–water partition coefficient (Wildman–Crippen LogP) is 2.78. The van der Waals surface area contributed by atoms with Gasteiger partial charge in [0.2, 0.25) is 0 Å². The quantitative estimate of drug-likeness (QED) is 0.587. The summed E-state index contributed by atoms with van der Waals surface area (Å²) in [5.74, 6) is 1.25. The number of hydrogen-bond donors (Lipinski definition) is 0. The highest BCUT2D eigenvalue weighted by molar-refractivity contribution is 9.10. The first-order valence-electron chi connectivity index (χ1n) is 8.71. The van der Waals surface area contributed by atoms with Crippen molar-refractivity contribution in [3.05, 3.63) is 34.2 Å². The lowest BCUT2D eigenvalue weighted by Gasteiger charge is -2.07. The van der Waals surface area contributed by atoms with Crippen LogP contribution < -0.4 is 4.74 Å². The Morgan fingerprint density at radius 3 is 2.85 bits per heavy atom. The number of nitrogens with zero attached hydrogens (tertiary/aromatic N) is 7. The van der Waals surface area contributed by atoms with Crippen LogP contribution in [0.2, 0.25) is 0 Å². The summed E-state index contributed by atoms with van der Waals surface area (Å²) >= 11 is 3.53. The average molecular weight is 418 g/mol. The number of rotatable bonds is 7. The molecule has 0 aromatic carbocycles. The second kappa shape index (κ2) is 7.14. The zero-order chi connectivity index (χ0) is 18.1. The van der Waals surface area contributed by atoms with Crippen LogP contribution in [0.5, 0.6) is 5.88 Å². The van der Waals surface area contributed by atoms with Crippen molar-refractivity contribution in [2.24, 2.45) is 13.0 Å². The fourth-order valence-electron chi connectivity index (χ4n) is 2.75. The third-order valence-electron chi connectivity index (χ3n) is 4.46. The van der Waals surface area contributed by atoms with Crippen LogP contribution in [0.25, 0.3) is 11.4 Å². The van der Waals surface area contributed by atoms with Gasteiger partial charge in [-0.3, -0.25) is 0 Å². The molecule has 136 valence electrons. The summed E-state index contributed by atoms with van der Waals surface area (Å²) in [4.78, 5) is 4.68. The van der Waals surface area contributed by atoms with Gasteiger partial charge < -0.3 is 4.74 Å². The molecule has 0 atom stereocenters. The van der Waals surface area contributed by atoms with Crippen molar-refractivity contribution >= 4 is 15.9 Å². The largest absolute Gasteiger partial charge is 0.469 e. The normalized spacial score (nSPS) is 14.0. The van der Waals surface area contributed by atoms with E-state index >= 15 is 0 Å². The van der Waals surface area contributed by atoms with Crippen molar-refractivity contribution in [1.82, 2.24) is 35.0 Å². The first kappa shape index (κ1) is 17.1. The van der Waals surface area contributed by atoms with Crippen molar-refractivity contribution in [3.8, 4) is 17.3 Å². The van der Waals surface area contributed by atoms with Crippen molar-refractivity contribution in [2.45, 2.75) is 39.3 Å². The van der Waals surface area contributed by atoms with E-state index in [9.17, 15) is 0 Å². The van der Waals surface area contributed by atoms with Gasteiger partial charge in [-0.1, -0.05) is 22.4 Å². The van der Waals surface area contributed by atoms with E-state index < -0.39 is 0 Å². The number of halogens is 1. The van der Waals surface area contributed by atoms with Crippen LogP contribution in [0.4, 0.5) is 0 Å². The Morgan fingerprint density at radius 2 is 2.08 bits per heavy atom. The summed E-state index contributed by atoms with van der Waals surface area (Å²) in [5.41, 5.74) is 3.34. The lowest BCUT2D eigenvalue weighted by atomic mass is 10.2. The van der Waals surface area contributed by atoms with E-state index in [4.69, 9.17) is 4.74 Å². The first-order valence-corrected chi connectivity index (χ1v) is 9.50. The van der Waals surface area contributed by atoms with Gasteiger partial charge in [-0.15, -0.1) is 5.10 Å². The van der Waals surface area contributed by atoms with Gasteiger partial charge in [-0.05, 0) is 53.2 Å². The van der Waals surface area contributed by atoms with Gasteiger partial charge in [-0.25, -0.2) is 14.3 Å². The van der Waals surface area contributed by atoms with Gasteiger partial charge in [-0.2, -0.15) is 0 Å². The smallest absolute Gasteiger partial charge is 0.253 e. The third-order valence-corrected chi connectivity index (χ3v) is 5.18. The monoisotopic (exact) mass is 417 g/mol. The Morgan fingerprint density at radius 1 is 1.23 bits per heavy atom. The molecule has 0 radical (unpaired) electrons. The molecular weight excluding hydrogens is 398 g/mol. The minimum atomic E-state index is 0.306. The van der Waals surface area contributed by atoms with Crippen LogP contribution in [-0.2, 0) is 26.6 Å². The summed E-state index contributed by atoms with van der Waals surface area (Å²) in [6.07, 6.45) is 5.24. The van der Waals surface area contributed by atoms with Crippen molar-refractivity contribution in [2.75, 3.05) is 0 Å². The molecule has 3 aromatic rings. The molecule has 8 nitrogen and oxygen atoms in total. The number of aryl methyl sites for hydroxylation is 2. The topological polar surface area (TPSA) is 83.5 Å². The molecule has 0 N–H and O–H groups in total. The minimum absolute atomic E-state index is 0.306. The molecule has 1 aliphatic rings. The molecule has 0 bridgehead atoms. The number of hydrogen-bond acceptors (Lipinski definition) is 6. The fraction of sp³-hybridized carbons (Fsp3) is 0.471. The Kier molecular flexibility index (Phi) is 4.71. The summed E-state index contributed by atoms with van der Waals surface area (Å²) < 4.78 is 10.4. The first-order chi connectivity index (χ1) is 12.6. The maximum atomic E-state index is 5.82. The van der Waals surface area contributed by atoms with E-state index in [-0.39, 0.29) is 0 Å². The molecule has 0 spiro atoms. The van der Waals surface area contributed by atoms with Crippen LogP contribution in [0, 0.1) is 5.92 Å². The van der Waals surface area contributed by atoms with Crippen LogP contribution >= 0.6 is 15.9 Å². The van der Waals surface area contributed by atoms with E-state index in [1.54, 1.807) is 4.68 Å². The highest BCUT2D eigenvalue weighted by Gasteiger charge is 2.22. The summed E-state index contributed by atoms with van der Waals surface area (Å²) in [7, 11) is 1.85. The van der Waals surface area contributed by atoms with Crippen LogP contribution in [0.15, 0.2) is 22.8 Å². The molecule has 0 saturated heterocycles. The second-order valence-electron chi connectivity index (χ2n) is 6.50. The van der Waals surface area contributed by atoms with Gasteiger partial charge in [0.15, 0.2) is 0 Å². The van der Waals surface area contributed by atoms with Gasteiger partial charge in [0.1, 0.15) is 18.0 Å². The summed E-state index contributed by atoms with van der Waals surface area (Å²) in [6.45, 7) is 3.29. The maximum Gasteiger partial charge on any atom is 0.253 e. The molecule has 26 heavy (non-hydrogen) atoms.